The topological polar surface area (TPSA) is 32.6 Å². The van der Waals surface area contributed by atoms with E-state index in [2.05, 4.69) is 34.9 Å². The predicted molar refractivity (Wildman–Crippen MR) is 56.6 cm³/mol. The first kappa shape index (κ1) is 9.50. The maximum Gasteiger partial charge on any atom is 0.0638 e. The lowest BCUT2D eigenvalue weighted by molar-refractivity contribution is 0.199. The highest BCUT2D eigenvalue weighted by Crippen LogP contribution is 2.64. The summed E-state index contributed by atoms with van der Waals surface area (Å²) in [6, 6.07) is 0. The monoisotopic (exact) mass is 245 g/mol. The number of halogens is 1. The summed E-state index contributed by atoms with van der Waals surface area (Å²) in [7, 11) is 0. The number of rotatable bonds is 1. The van der Waals surface area contributed by atoms with Crippen molar-refractivity contribution in [3.05, 3.63) is 0 Å². The van der Waals surface area contributed by atoms with Gasteiger partial charge in [0.2, 0.25) is 0 Å². The molecule has 13 heavy (non-hydrogen) atoms. The Balaban J connectivity index is 2.45. The molecule has 3 heteroatoms. The van der Waals surface area contributed by atoms with Gasteiger partial charge in [0.25, 0.3) is 0 Å². The molecule has 0 aliphatic heterocycles. The van der Waals surface area contributed by atoms with Gasteiger partial charge in [-0.1, -0.05) is 34.9 Å². The van der Waals surface area contributed by atoms with Gasteiger partial charge < -0.3 is 5.21 Å². The standard InChI is InChI=1S/C10H16BrNO/c1-9-4-3-7(5-8(9)12-13)10(9,2)6-11/h7,13H,3-6H2,1-2H3/b12-8-/t7-,9-,10+/m0/s1. The van der Waals surface area contributed by atoms with Gasteiger partial charge in [-0.2, -0.15) is 0 Å². The summed E-state index contributed by atoms with van der Waals surface area (Å²) in [5, 5.41) is 13.4. The SMILES string of the molecule is C[C@]12CC[C@@H](C/C1=N/O)[C@@]2(C)CBr. The fourth-order valence-corrected chi connectivity index (χ4v) is 4.26. The van der Waals surface area contributed by atoms with Gasteiger partial charge in [-0.3, -0.25) is 0 Å². The van der Waals surface area contributed by atoms with E-state index in [1.807, 2.05) is 0 Å². The van der Waals surface area contributed by atoms with Gasteiger partial charge in [-0.15, -0.1) is 0 Å². The Bertz CT molecular complexity index is 266. The minimum Gasteiger partial charge on any atom is -0.411 e. The Morgan fingerprint density at radius 1 is 1.62 bits per heavy atom. The van der Waals surface area contributed by atoms with E-state index in [0.29, 0.717) is 11.3 Å². The minimum absolute atomic E-state index is 0.135. The zero-order valence-corrected chi connectivity index (χ0v) is 9.76. The van der Waals surface area contributed by atoms with Gasteiger partial charge in [0.15, 0.2) is 0 Å². The molecule has 2 aliphatic carbocycles. The Morgan fingerprint density at radius 2 is 2.31 bits per heavy atom. The molecule has 0 saturated heterocycles. The van der Waals surface area contributed by atoms with Crippen molar-refractivity contribution >= 4 is 21.6 Å². The van der Waals surface area contributed by atoms with Crippen molar-refractivity contribution in [1.29, 1.82) is 0 Å². The number of alkyl halides is 1. The van der Waals surface area contributed by atoms with Crippen LogP contribution in [0.15, 0.2) is 5.16 Å². The molecule has 2 saturated carbocycles. The van der Waals surface area contributed by atoms with Crippen LogP contribution < -0.4 is 0 Å². The maximum absolute atomic E-state index is 8.95. The molecule has 0 heterocycles. The fourth-order valence-electron chi connectivity index (χ4n) is 3.19. The van der Waals surface area contributed by atoms with Crippen molar-refractivity contribution in [3.8, 4) is 0 Å². The normalized spacial score (nSPS) is 51.9. The molecule has 0 unspecified atom stereocenters. The van der Waals surface area contributed by atoms with Crippen LogP contribution in [0.2, 0.25) is 0 Å². The summed E-state index contributed by atoms with van der Waals surface area (Å²) >= 11 is 3.61. The molecular formula is C10H16BrNO. The van der Waals surface area contributed by atoms with Crippen LogP contribution in [0.1, 0.15) is 33.1 Å². The molecule has 0 aromatic rings. The lowest BCUT2D eigenvalue weighted by Gasteiger charge is -2.36. The smallest absolute Gasteiger partial charge is 0.0638 e. The van der Waals surface area contributed by atoms with Crippen molar-refractivity contribution in [2.45, 2.75) is 33.1 Å². The van der Waals surface area contributed by atoms with Crippen LogP contribution in [-0.2, 0) is 0 Å². The molecule has 2 aliphatic rings. The van der Waals surface area contributed by atoms with Gasteiger partial charge in [0.1, 0.15) is 0 Å². The lowest BCUT2D eigenvalue weighted by atomic mass is 9.70. The molecule has 0 aromatic heterocycles. The van der Waals surface area contributed by atoms with Gasteiger partial charge in [-0.05, 0) is 30.6 Å². The summed E-state index contributed by atoms with van der Waals surface area (Å²) in [6.07, 6.45) is 3.46. The number of hydrogen-bond acceptors (Lipinski definition) is 2. The first-order valence-electron chi connectivity index (χ1n) is 4.86. The van der Waals surface area contributed by atoms with Crippen LogP contribution in [0.25, 0.3) is 0 Å². The van der Waals surface area contributed by atoms with Crippen molar-refractivity contribution in [2.24, 2.45) is 21.9 Å². The summed E-state index contributed by atoms with van der Waals surface area (Å²) in [5.41, 5.74) is 1.45. The average molecular weight is 246 g/mol. The summed E-state index contributed by atoms with van der Waals surface area (Å²) < 4.78 is 0. The molecule has 0 aromatic carbocycles. The van der Waals surface area contributed by atoms with Crippen LogP contribution in [-0.4, -0.2) is 16.2 Å². The third-order valence-electron chi connectivity index (χ3n) is 4.63. The second-order valence-electron chi connectivity index (χ2n) is 4.87. The second kappa shape index (κ2) is 2.72. The minimum atomic E-state index is 0.135. The molecular weight excluding hydrogens is 230 g/mol. The first-order valence-corrected chi connectivity index (χ1v) is 5.98. The van der Waals surface area contributed by atoms with Crippen LogP contribution in [0.5, 0.6) is 0 Å². The molecule has 3 atom stereocenters. The van der Waals surface area contributed by atoms with E-state index in [4.69, 9.17) is 5.21 Å². The highest BCUT2D eigenvalue weighted by molar-refractivity contribution is 9.09. The highest BCUT2D eigenvalue weighted by atomic mass is 79.9. The third-order valence-corrected chi connectivity index (χ3v) is 5.79. The fraction of sp³-hybridized carbons (Fsp3) is 0.900. The van der Waals surface area contributed by atoms with E-state index in [1.54, 1.807) is 0 Å². The van der Waals surface area contributed by atoms with E-state index < -0.39 is 0 Å². The van der Waals surface area contributed by atoms with E-state index >= 15 is 0 Å². The summed E-state index contributed by atoms with van der Waals surface area (Å²) in [4.78, 5) is 0. The van der Waals surface area contributed by atoms with Crippen molar-refractivity contribution in [3.63, 3.8) is 0 Å². The molecule has 0 amide bonds. The number of nitrogens with zero attached hydrogens (tertiary/aromatic N) is 1. The molecule has 1 N–H and O–H groups in total. The van der Waals surface area contributed by atoms with Gasteiger partial charge in [-0.25, -0.2) is 0 Å². The zero-order chi connectivity index (χ0) is 9.69. The summed E-state index contributed by atoms with van der Waals surface area (Å²) in [6.45, 7) is 4.56. The Labute approximate surface area is 87.5 Å². The van der Waals surface area contributed by atoms with E-state index in [1.165, 1.54) is 12.8 Å². The zero-order valence-electron chi connectivity index (χ0n) is 8.18. The second-order valence-corrected chi connectivity index (χ2v) is 5.43. The Hall–Kier alpha value is -0.0500. The van der Waals surface area contributed by atoms with E-state index in [-0.39, 0.29) is 5.41 Å². The quantitative estimate of drug-likeness (QED) is 0.430. The van der Waals surface area contributed by atoms with Crippen molar-refractivity contribution in [1.82, 2.24) is 0 Å². The molecule has 2 nitrogen and oxygen atoms in total. The van der Waals surface area contributed by atoms with Crippen molar-refractivity contribution in [2.75, 3.05) is 5.33 Å². The van der Waals surface area contributed by atoms with Gasteiger partial charge >= 0.3 is 0 Å². The maximum atomic E-state index is 8.95. The number of oxime groups is 1. The molecule has 2 bridgehead atoms. The Kier molecular flexibility index (Phi) is 1.99. The van der Waals surface area contributed by atoms with Gasteiger partial charge in [0.05, 0.1) is 5.71 Å². The lowest BCUT2D eigenvalue weighted by Crippen LogP contribution is -2.36. The third kappa shape index (κ3) is 0.915. The number of hydrogen-bond donors (Lipinski definition) is 1. The predicted octanol–water partition coefficient (Wildman–Crippen LogP) is 3.04. The van der Waals surface area contributed by atoms with Crippen LogP contribution in [0, 0.1) is 16.7 Å². The Morgan fingerprint density at radius 3 is 2.69 bits per heavy atom. The largest absolute Gasteiger partial charge is 0.411 e. The molecule has 74 valence electrons. The first-order chi connectivity index (χ1) is 6.08. The van der Waals surface area contributed by atoms with Crippen LogP contribution >= 0.6 is 15.9 Å². The van der Waals surface area contributed by atoms with Gasteiger partial charge in [0, 0.05) is 10.7 Å². The molecule has 2 rings (SSSR count). The van der Waals surface area contributed by atoms with E-state index in [0.717, 1.165) is 17.5 Å². The number of fused-ring (bicyclic) bond motifs is 2. The summed E-state index contributed by atoms with van der Waals surface area (Å²) in [5.74, 6) is 0.711. The van der Waals surface area contributed by atoms with Crippen molar-refractivity contribution < 1.29 is 5.21 Å². The molecule has 2 fully saturated rings. The average Bonchev–Trinajstić information content (AvgIpc) is 2.51. The highest BCUT2D eigenvalue weighted by Gasteiger charge is 2.62. The van der Waals surface area contributed by atoms with E-state index in [9.17, 15) is 0 Å². The molecule has 0 spiro atoms. The van der Waals surface area contributed by atoms with Crippen LogP contribution in [0.4, 0.5) is 0 Å². The molecule has 0 radical (unpaired) electrons. The van der Waals surface area contributed by atoms with Crippen LogP contribution in [0.3, 0.4) is 0 Å².